The van der Waals surface area contributed by atoms with Crippen molar-refractivity contribution >= 4 is 54.3 Å². The van der Waals surface area contributed by atoms with Crippen LogP contribution in [-0.4, -0.2) is 112 Å². The van der Waals surface area contributed by atoms with Crippen molar-refractivity contribution in [2.24, 2.45) is 11.5 Å². The maximum atomic E-state index is 14.2. The lowest BCUT2D eigenvalue weighted by Crippen LogP contribution is -2.60. The number of hydroxylamine groups is 7. The molecule has 548 valence electrons. The lowest BCUT2D eigenvalue weighted by molar-refractivity contribution is -0.213. The number of rotatable bonds is 35. The SMILES string of the molecule is Cc1ccc(CNCC(=O)NO)cc1F.Cc1ccc(CN[C@@H](CN)C(=O)NON(Cc2ccc(OCc3ccccc3)cc2)C(=O)C=N)cc1F.Cc1ccc(CN[C@@H](CS)C(=O)NO[C@H](C)[C@H](NCc2ccc(C)c(F)c2)C(=O)NOC[C@@](N)(Cc2ccc(C)c(F)c2)C(=O)NO)cc1F. The third kappa shape index (κ3) is 27.7. The van der Waals surface area contributed by atoms with Crippen LogP contribution in [0.5, 0.6) is 5.75 Å². The predicted octanol–water partition coefficient (Wildman–Crippen LogP) is 6.01. The molecule has 0 saturated heterocycles. The van der Waals surface area contributed by atoms with Crippen LogP contribution in [0.15, 0.2) is 146 Å². The number of benzene rings is 7. The number of aryl methyl sites for hydroxylation is 5. The molecule has 0 fully saturated rings. The van der Waals surface area contributed by atoms with E-state index in [-0.39, 0.29) is 68.9 Å². The maximum Gasteiger partial charge on any atom is 0.290 e. The average molecular weight is 1440 g/mol. The third-order valence-electron chi connectivity index (χ3n) is 15.4. The summed E-state index contributed by atoms with van der Waals surface area (Å²) in [6, 6.07) is 37.0. The second-order valence-corrected chi connectivity index (χ2v) is 23.9. The van der Waals surface area contributed by atoms with E-state index in [1.54, 1.807) is 113 Å². The van der Waals surface area contributed by atoms with Crippen molar-refractivity contribution in [2.45, 2.75) is 117 Å². The highest BCUT2D eigenvalue weighted by Gasteiger charge is 2.37. The molecule has 0 spiro atoms. The lowest BCUT2D eigenvalue weighted by Gasteiger charge is -2.28. The topological polar surface area (TPSA) is 367 Å². The molecule has 6 amide bonds. The number of hydrogen-bond donors (Lipinski definition) is 15. The molecule has 31 heteroatoms. The van der Waals surface area contributed by atoms with Gasteiger partial charge in [0.1, 0.15) is 71.8 Å². The Bertz CT molecular complexity index is 3910. The van der Waals surface area contributed by atoms with Crippen LogP contribution < -0.4 is 64.9 Å². The number of hydrogen-bond acceptors (Lipinski definition) is 20. The second kappa shape index (κ2) is 42.6. The molecule has 16 N–H and O–H groups in total. The van der Waals surface area contributed by atoms with Crippen molar-refractivity contribution in [2.75, 3.05) is 25.4 Å². The molecule has 7 aromatic rings. The monoisotopic (exact) mass is 1440 g/mol. The van der Waals surface area contributed by atoms with Crippen molar-refractivity contribution in [3.05, 3.63) is 241 Å². The molecule has 5 atom stereocenters. The van der Waals surface area contributed by atoms with Gasteiger partial charge in [0.25, 0.3) is 35.4 Å². The molecule has 7 rings (SSSR count). The molecule has 0 aliphatic rings. The number of thiol groups is 1. The van der Waals surface area contributed by atoms with Crippen LogP contribution in [0, 0.1) is 69.1 Å². The summed E-state index contributed by atoms with van der Waals surface area (Å²) in [6.07, 6.45) is -0.755. The summed E-state index contributed by atoms with van der Waals surface area (Å²) in [5.41, 5.74) is 26.6. The molecular formula is C71H86F5N13O12S. The maximum absolute atomic E-state index is 14.2. The molecule has 0 aromatic heterocycles. The number of carbonyl (C=O) groups excluding carboxylic acids is 6. The second-order valence-electron chi connectivity index (χ2n) is 23.5. The van der Waals surface area contributed by atoms with Crippen molar-refractivity contribution in [3.63, 3.8) is 0 Å². The molecule has 0 unspecified atom stereocenters. The highest BCUT2D eigenvalue weighted by atomic mass is 32.1. The number of nitrogens with zero attached hydrogens (tertiary/aromatic N) is 1. The molecule has 102 heavy (non-hydrogen) atoms. The van der Waals surface area contributed by atoms with E-state index in [2.05, 4.69) is 50.3 Å². The molecule has 0 saturated carbocycles. The minimum Gasteiger partial charge on any atom is -0.489 e. The van der Waals surface area contributed by atoms with Crippen LogP contribution in [0.1, 0.15) is 73.7 Å². The van der Waals surface area contributed by atoms with E-state index in [9.17, 15) is 55.9 Å². The Labute approximate surface area is 592 Å². The third-order valence-corrected chi connectivity index (χ3v) is 15.8. The van der Waals surface area contributed by atoms with Gasteiger partial charge in [0.2, 0.25) is 0 Å². The first-order valence-corrected chi connectivity index (χ1v) is 32.4. The number of halogens is 5. The number of nitrogens with one attached hydrogen (secondary N) is 10. The van der Waals surface area contributed by atoms with Gasteiger partial charge in [-0.3, -0.25) is 54.2 Å². The van der Waals surface area contributed by atoms with Crippen molar-refractivity contribution in [1.82, 2.24) is 53.7 Å². The number of nitrogens with two attached hydrogens (primary N) is 2. The van der Waals surface area contributed by atoms with Gasteiger partial charge < -0.3 is 37.6 Å². The van der Waals surface area contributed by atoms with Gasteiger partial charge in [-0.05, 0) is 151 Å². The van der Waals surface area contributed by atoms with Gasteiger partial charge in [0, 0.05) is 44.9 Å². The van der Waals surface area contributed by atoms with Gasteiger partial charge in [-0.15, -0.1) is 4.94 Å². The van der Waals surface area contributed by atoms with Crippen LogP contribution in [0.4, 0.5) is 22.0 Å². The number of ether oxygens (including phenoxy) is 1. The van der Waals surface area contributed by atoms with E-state index < -0.39 is 83.5 Å². The minimum atomic E-state index is -1.94. The van der Waals surface area contributed by atoms with Crippen LogP contribution in [0.3, 0.4) is 0 Å². The zero-order valence-corrected chi connectivity index (χ0v) is 57.8. The fourth-order valence-electron chi connectivity index (χ4n) is 9.05. The summed E-state index contributed by atoms with van der Waals surface area (Å²) in [4.78, 5) is 90.2. The van der Waals surface area contributed by atoms with Crippen molar-refractivity contribution < 1.29 is 80.5 Å². The Balaban J connectivity index is 0.000000313. The molecule has 0 aliphatic carbocycles. The fraction of sp³-hybridized carbons (Fsp3) is 0.310. The van der Waals surface area contributed by atoms with Gasteiger partial charge >= 0.3 is 0 Å². The Kier molecular flexibility index (Phi) is 34.7. The van der Waals surface area contributed by atoms with E-state index in [0.717, 1.165) is 16.2 Å². The zero-order valence-electron chi connectivity index (χ0n) is 56.9. The van der Waals surface area contributed by atoms with E-state index >= 15 is 0 Å². The Hall–Kier alpha value is -9.61. The van der Waals surface area contributed by atoms with E-state index in [4.69, 9.17) is 41.4 Å². The van der Waals surface area contributed by atoms with Crippen molar-refractivity contribution in [3.8, 4) is 5.75 Å². The van der Waals surface area contributed by atoms with Gasteiger partial charge in [0.05, 0.1) is 25.3 Å². The summed E-state index contributed by atoms with van der Waals surface area (Å²) in [7, 11) is 0. The summed E-state index contributed by atoms with van der Waals surface area (Å²) < 4.78 is 74.9. The first-order valence-electron chi connectivity index (χ1n) is 31.7. The van der Waals surface area contributed by atoms with Gasteiger partial charge in [-0.2, -0.15) is 17.7 Å². The van der Waals surface area contributed by atoms with Gasteiger partial charge in [-0.25, -0.2) is 49.4 Å². The number of amides is 6. The van der Waals surface area contributed by atoms with Crippen molar-refractivity contribution in [1.29, 1.82) is 5.41 Å². The summed E-state index contributed by atoms with van der Waals surface area (Å²) >= 11 is 4.22. The molecule has 7 aromatic carbocycles. The normalized spacial score (nSPS) is 12.6. The van der Waals surface area contributed by atoms with E-state index in [0.29, 0.717) is 80.8 Å². The first kappa shape index (κ1) is 83.1. The minimum absolute atomic E-state index is 0.00239. The molecule has 0 aliphatic heterocycles. The summed E-state index contributed by atoms with van der Waals surface area (Å²) in [5.74, 6) is -5.65. The van der Waals surface area contributed by atoms with Crippen LogP contribution in [-0.2, 0) is 89.1 Å². The molecule has 25 nitrogen and oxygen atoms in total. The standard InChI is InChI=1S/C34H43F3N6O6S.C27H30FN5O4.C10H13FN2O2/c1-19-5-8-23(11-26(19)35)14-34(38,33(46)41-47)18-48-42-32(45)30(40-16-25-10-7-21(3)28(37)13-25)22(4)49-43-31(44)29(17-50)39-15-24-9-6-20(2)27(36)12-24;1-19-7-8-22(13-24(19)28)16-31-25(14-29)27(35)32-37-33(26(34)15-30)17-20-9-11-23(12-10-20)36-18-21-5-3-2-4-6-21;1-7-2-3-8(4-9(7)11)5-12-6-10(14)13-15/h5-13,22,29-30,39-40,47,50H,14-18,38H2,1-4H3,(H,41,46)(H,42,45)(H,43,44);2-13,15,25,30-31H,14,16-18,29H2,1H3,(H,32,35);2-4,12,15H,5-6H2,1H3,(H,13,14)/t22-,29+,30+,34+;25-;/m10./s1. The molecule has 0 radical (unpaired) electrons. The Morgan fingerprint density at radius 3 is 1.51 bits per heavy atom. The van der Waals surface area contributed by atoms with Gasteiger partial charge in [-0.1, -0.05) is 103 Å². The summed E-state index contributed by atoms with van der Waals surface area (Å²) in [6.45, 7) is 10.0. The lowest BCUT2D eigenvalue weighted by atomic mass is 9.91. The largest absolute Gasteiger partial charge is 0.489 e. The highest BCUT2D eigenvalue weighted by Crippen LogP contribution is 2.20. The van der Waals surface area contributed by atoms with Gasteiger partial charge in [0.15, 0.2) is 0 Å². The molecular weight excluding hydrogens is 1350 g/mol. The summed E-state index contributed by atoms with van der Waals surface area (Å²) in [5, 5.41) is 37.2. The van der Waals surface area contributed by atoms with Crippen LogP contribution >= 0.6 is 12.6 Å². The molecule has 0 bridgehead atoms. The Morgan fingerprint density at radius 2 is 1.04 bits per heavy atom. The zero-order chi connectivity index (χ0) is 74.9. The predicted molar refractivity (Wildman–Crippen MR) is 371 cm³/mol. The van der Waals surface area contributed by atoms with E-state index in [1.807, 2.05) is 30.3 Å². The smallest absolute Gasteiger partial charge is 0.290 e. The average Bonchev–Trinajstić information content (AvgIpc) is 0.824. The van der Waals surface area contributed by atoms with Crippen LogP contribution in [0.25, 0.3) is 0 Å². The fourth-order valence-corrected chi connectivity index (χ4v) is 9.35. The quantitative estimate of drug-likeness (QED) is 0.00711. The first-order chi connectivity index (χ1) is 48.7. The number of carbonyl (C=O) groups is 6. The van der Waals surface area contributed by atoms with Crippen LogP contribution in [0.2, 0.25) is 0 Å². The highest BCUT2D eigenvalue weighted by molar-refractivity contribution is 7.80. The van der Waals surface area contributed by atoms with E-state index in [1.165, 1.54) is 54.3 Å². The Morgan fingerprint density at radius 1 is 0.578 bits per heavy atom. The molecule has 0 heterocycles.